The largest absolute Gasteiger partial charge is 0.506 e. The van der Waals surface area contributed by atoms with Crippen molar-refractivity contribution >= 4 is 29.0 Å². The maximum absolute atomic E-state index is 12.8. The van der Waals surface area contributed by atoms with Gasteiger partial charge in [-0.15, -0.1) is 0 Å². The Labute approximate surface area is 230 Å². The number of hydrogen-bond acceptors (Lipinski definition) is 11. The number of aliphatic imine (C=N–C) groups is 1. The maximum atomic E-state index is 12.8. The normalized spacial score (nSPS) is 17.8. The number of esters is 2. The van der Waals surface area contributed by atoms with Gasteiger partial charge < -0.3 is 39.3 Å². The second kappa shape index (κ2) is 13.8. The number of rotatable bonds is 15. The van der Waals surface area contributed by atoms with Crippen molar-refractivity contribution in [1.82, 2.24) is 4.98 Å². The lowest BCUT2D eigenvalue weighted by atomic mass is 9.85. The summed E-state index contributed by atoms with van der Waals surface area (Å²) in [6, 6.07) is 3.30. The molecule has 0 saturated carbocycles. The van der Waals surface area contributed by atoms with Crippen molar-refractivity contribution in [3.05, 3.63) is 77.0 Å². The van der Waals surface area contributed by atoms with E-state index in [1.165, 1.54) is 13.8 Å². The van der Waals surface area contributed by atoms with Gasteiger partial charge in [-0.25, -0.2) is 9.59 Å². The number of allylic oxidation sites excluding steroid dienone is 3. The third-order valence-electron chi connectivity index (χ3n) is 5.54. The number of ketones is 1. The lowest BCUT2D eigenvalue weighted by Crippen LogP contribution is -2.25. The SMILES string of the molecule is C=C(C)C(=O)OCC(O)COCC1=N/C(=C2\C(=O)C(c3ccc(COCC(O)COC(=O)C(=C)C)[nH]3)=C2O)C=C1. The van der Waals surface area contributed by atoms with Crippen LogP contribution in [0.1, 0.15) is 25.2 Å². The van der Waals surface area contributed by atoms with E-state index in [-0.39, 0.29) is 79.2 Å². The summed E-state index contributed by atoms with van der Waals surface area (Å²) in [5, 5.41) is 30.3. The number of aliphatic hydroxyl groups excluding tert-OH is 3. The van der Waals surface area contributed by atoms with Gasteiger partial charge in [-0.2, -0.15) is 0 Å². The number of H-pyrrole nitrogens is 1. The van der Waals surface area contributed by atoms with Gasteiger partial charge in [0.1, 0.15) is 31.2 Å². The molecule has 2 heterocycles. The van der Waals surface area contributed by atoms with E-state index in [1.807, 2.05) is 0 Å². The highest BCUT2D eigenvalue weighted by Gasteiger charge is 2.38. The minimum absolute atomic E-state index is 0.0370. The Bertz CT molecular complexity index is 1310. The highest BCUT2D eigenvalue weighted by atomic mass is 16.6. The van der Waals surface area contributed by atoms with Crippen LogP contribution in [0.2, 0.25) is 0 Å². The summed E-state index contributed by atoms with van der Waals surface area (Å²) in [5.74, 6) is -1.79. The maximum Gasteiger partial charge on any atom is 0.333 e. The Morgan fingerprint density at radius 3 is 2.02 bits per heavy atom. The van der Waals surface area contributed by atoms with Gasteiger partial charge in [0.2, 0.25) is 5.78 Å². The molecule has 3 rings (SSSR count). The second-order valence-corrected chi connectivity index (χ2v) is 9.24. The number of carbonyl (C=O) groups excluding carboxylic acids is 3. The Balaban J connectivity index is 1.49. The third-order valence-corrected chi connectivity index (χ3v) is 5.54. The third kappa shape index (κ3) is 7.96. The first-order valence-corrected chi connectivity index (χ1v) is 12.3. The van der Waals surface area contributed by atoms with Crippen molar-refractivity contribution in [3.63, 3.8) is 0 Å². The summed E-state index contributed by atoms with van der Waals surface area (Å²) >= 11 is 0. The topological polar surface area (TPSA) is 177 Å². The number of nitrogens with one attached hydrogen (secondary N) is 1. The molecule has 1 aliphatic heterocycles. The number of carbonyl (C=O) groups is 3. The molecule has 0 radical (unpaired) electrons. The molecule has 12 heteroatoms. The van der Waals surface area contributed by atoms with Crippen molar-refractivity contribution in [2.75, 3.05) is 33.0 Å². The fraction of sp³-hybridized carbons (Fsp3) is 0.357. The number of aromatic amines is 1. The van der Waals surface area contributed by atoms with Crippen LogP contribution in [0.4, 0.5) is 0 Å². The van der Waals surface area contributed by atoms with Crippen LogP contribution in [0.15, 0.2) is 70.6 Å². The molecule has 2 unspecified atom stereocenters. The van der Waals surface area contributed by atoms with Crippen LogP contribution in [0.5, 0.6) is 0 Å². The zero-order valence-corrected chi connectivity index (χ0v) is 22.3. The molecular weight excluding hydrogens is 524 g/mol. The quantitative estimate of drug-likeness (QED) is 0.183. The van der Waals surface area contributed by atoms with E-state index < -0.39 is 24.1 Å². The number of Topliss-reactive ketones (excluding diaryl/α,β-unsaturated/α-hetero) is 1. The summed E-state index contributed by atoms with van der Waals surface area (Å²) in [5.41, 5.74) is 2.42. The van der Waals surface area contributed by atoms with E-state index in [9.17, 15) is 29.7 Å². The smallest absolute Gasteiger partial charge is 0.333 e. The molecule has 2 aliphatic rings. The predicted octanol–water partition coefficient (Wildman–Crippen LogP) is 1.62. The highest BCUT2D eigenvalue weighted by molar-refractivity contribution is 6.39. The van der Waals surface area contributed by atoms with Gasteiger partial charge in [-0.05, 0) is 38.1 Å². The fourth-order valence-corrected chi connectivity index (χ4v) is 3.48. The molecule has 0 aromatic carbocycles. The van der Waals surface area contributed by atoms with Crippen molar-refractivity contribution in [2.24, 2.45) is 4.99 Å². The molecule has 0 saturated heterocycles. The van der Waals surface area contributed by atoms with Gasteiger partial charge in [-0.3, -0.25) is 9.79 Å². The Kier molecular flexibility index (Phi) is 10.5. The Morgan fingerprint density at radius 1 is 0.900 bits per heavy atom. The van der Waals surface area contributed by atoms with Crippen molar-refractivity contribution in [2.45, 2.75) is 32.7 Å². The lowest BCUT2D eigenvalue weighted by molar-refractivity contribution is -0.143. The molecular formula is C28H32N2O10. The monoisotopic (exact) mass is 556 g/mol. The highest BCUT2D eigenvalue weighted by Crippen LogP contribution is 2.38. The average Bonchev–Trinajstić information content (AvgIpc) is 3.55. The van der Waals surface area contributed by atoms with E-state index in [2.05, 4.69) is 23.1 Å². The fourth-order valence-electron chi connectivity index (χ4n) is 3.48. The minimum atomic E-state index is -1.03. The average molecular weight is 557 g/mol. The first-order chi connectivity index (χ1) is 19.0. The molecule has 0 bridgehead atoms. The van der Waals surface area contributed by atoms with Crippen LogP contribution in [0.25, 0.3) is 5.57 Å². The van der Waals surface area contributed by atoms with E-state index in [4.69, 9.17) is 18.9 Å². The van der Waals surface area contributed by atoms with Crippen molar-refractivity contribution < 1.29 is 48.7 Å². The van der Waals surface area contributed by atoms with Crippen LogP contribution in [-0.2, 0) is 39.9 Å². The van der Waals surface area contributed by atoms with E-state index >= 15 is 0 Å². The van der Waals surface area contributed by atoms with Crippen LogP contribution < -0.4 is 0 Å². The number of hydrogen-bond donors (Lipinski definition) is 4. The number of aliphatic hydroxyl groups is 3. The van der Waals surface area contributed by atoms with Gasteiger partial charge in [-0.1, -0.05) is 13.2 Å². The molecule has 0 amide bonds. The summed E-state index contributed by atoms with van der Waals surface area (Å²) in [7, 11) is 0. The van der Waals surface area contributed by atoms with Crippen LogP contribution in [-0.4, -0.2) is 89.0 Å². The minimum Gasteiger partial charge on any atom is -0.506 e. The van der Waals surface area contributed by atoms with E-state index in [0.717, 1.165) is 0 Å². The zero-order chi connectivity index (χ0) is 29.4. The van der Waals surface area contributed by atoms with Gasteiger partial charge in [0.15, 0.2) is 0 Å². The molecule has 1 aliphatic carbocycles. The molecule has 214 valence electrons. The summed E-state index contributed by atoms with van der Waals surface area (Å²) in [4.78, 5) is 42.8. The first kappa shape index (κ1) is 30.4. The van der Waals surface area contributed by atoms with Crippen molar-refractivity contribution in [3.8, 4) is 0 Å². The summed E-state index contributed by atoms with van der Waals surface area (Å²) < 4.78 is 20.5. The summed E-state index contributed by atoms with van der Waals surface area (Å²) in [6.45, 7) is 9.39. The molecule has 4 N–H and O–H groups in total. The van der Waals surface area contributed by atoms with Crippen LogP contribution >= 0.6 is 0 Å². The predicted molar refractivity (Wildman–Crippen MR) is 143 cm³/mol. The van der Waals surface area contributed by atoms with Gasteiger partial charge in [0.25, 0.3) is 0 Å². The standard InChI is InChI=1S/C28H32N2O10/c1-15(2)27(35)39-13-19(31)11-37-9-17-5-7-21(29-17)23-25(33)24(26(23)34)22-8-6-18(30-22)10-38-12-20(32)14-40-28(36)16(3)4/h5-8,19-20,29,31-33H,1,3,9-14H2,2,4H3/b24-22-. The Hall–Kier alpha value is -4.10. The van der Waals surface area contributed by atoms with Gasteiger partial charge in [0, 0.05) is 16.8 Å². The second-order valence-electron chi connectivity index (χ2n) is 9.24. The molecule has 0 spiro atoms. The number of aromatic nitrogens is 1. The number of nitrogens with zero attached hydrogens (tertiary/aromatic N) is 1. The van der Waals surface area contributed by atoms with Crippen LogP contribution in [0, 0.1) is 0 Å². The Morgan fingerprint density at radius 2 is 1.48 bits per heavy atom. The molecule has 2 atom stereocenters. The number of ether oxygens (including phenoxy) is 4. The first-order valence-electron chi connectivity index (χ1n) is 12.3. The molecule has 12 nitrogen and oxygen atoms in total. The molecule has 1 aromatic heterocycles. The van der Waals surface area contributed by atoms with E-state index in [0.29, 0.717) is 17.1 Å². The molecule has 0 fully saturated rings. The molecule has 1 aromatic rings. The van der Waals surface area contributed by atoms with Crippen molar-refractivity contribution in [1.29, 1.82) is 0 Å². The van der Waals surface area contributed by atoms with E-state index in [1.54, 1.807) is 24.3 Å². The zero-order valence-electron chi connectivity index (χ0n) is 22.3. The van der Waals surface area contributed by atoms with Gasteiger partial charge in [0.05, 0.1) is 54.7 Å². The summed E-state index contributed by atoms with van der Waals surface area (Å²) in [6.07, 6.45) is 1.17. The van der Waals surface area contributed by atoms with Gasteiger partial charge >= 0.3 is 11.9 Å². The molecule has 40 heavy (non-hydrogen) atoms. The van der Waals surface area contributed by atoms with Crippen LogP contribution in [0.3, 0.4) is 0 Å². The lowest BCUT2D eigenvalue weighted by Gasteiger charge is -2.21.